The van der Waals surface area contributed by atoms with Crippen molar-refractivity contribution in [1.29, 1.82) is 0 Å². The maximum absolute atomic E-state index is 13.3. The number of nitro benzene ring substituents is 1. The fraction of sp³-hybridized carbons (Fsp3) is 0.500. The Morgan fingerprint density at radius 1 is 1.00 bits per heavy atom. The molecule has 0 radical (unpaired) electrons. The van der Waals surface area contributed by atoms with Crippen LogP contribution in [0.3, 0.4) is 0 Å². The molecular formula is C28H34N6O5S. The normalized spacial score (nSPS) is 21.2. The third-order valence-corrected chi connectivity index (χ3v) is 8.09. The van der Waals surface area contributed by atoms with Crippen LogP contribution >= 0.6 is 12.2 Å². The number of carbonyl (C=O) groups excluding carboxylic acids is 2. The highest BCUT2D eigenvalue weighted by molar-refractivity contribution is 7.80. The number of anilines is 1. The van der Waals surface area contributed by atoms with E-state index in [9.17, 15) is 19.7 Å². The number of amides is 2. The molecule has 0 aromatic heterocycles. The Kier molecular flexibility index (Phi) is 8.85. The van der Waals surface area contributed by atoms with E-state index in [1.807, 2.05) is 23.1 Å². The summed E-state index contributed by atoms with van der Waals surface area (Å²) in [5, 5.41) is 11.2. The van der Waals surface area contributed by atoms with E-state index in [1.54, 1.807) is 17.0 Å². The molecule has 0 bridgehead atoms. The number of morpholine rings is 1. The number of ether oxygens (including phenoxy) is 1. The van der Waals surface area contributed by atoms with Gasteiger partial charge in [0.05, 0.1) is 23.8 Å². The van der Waals surface area contributed by atoms with E-state index in [4.69, 9.17) is 17.0 Å². The zero-order valence-electron chi connectivity index (χ0n) is 22.4. The fourth-order valence-electron chi connectivity index (χ4n) is 5.44. The number of hydrogen-bond donors (Lipinski definition) is 0. The first-order valence-electron chi connectivity index (χ1n) is 13.8. The summed E-state index contributed by atoms with van der Waals surface area (Å²) >= 11 is 5.44. The highest BCUT2D eigenvalue weighted by atomic mass is 32.1. The number of fused-ring (bicyclic) bond motifs is 1. The number of thiocarbonyl (C=S) groups is 1. The molecule has 11 nitrogen and oxygen atoms in total. The van der Waals surface area contributed by atoms with Crippen LogP contribution in [0.1, 0.15) is 25.7 Å². The van der Waals surface area contributed by atoms with Gasteiger partial charge in [-0.1, -0.05) is 6.42 Å². The molecule has 4 aliphatic rings. The van der Waals surface area contributed by atoms with Crippen LogP contribution < -0.4 is 4.90 Å². The van der Waals surface area contributed by atoms with Gasteiger partial charge < -0.3 is 19.4 Å². The second-order valence-electron chi connectivity index (χ2n) is 10.3. The average Bonchev–Trinajstić information content (AvgIpc) is 2.99. The van der Waals surface area contributed by atoms with Crippen LogP contribution in [-0.4, -0.2) is 101 Å². The zero-order chi connectivity index (χ0) is 28.1. The number of carbonyl (C=O) groups is 2. The Labute approximate surface area is 238 Å². The van der Waals surface area contributed by atoms with Gasteiger partial charge in [-0.3, -0.25) is 24.6 Å². The van der Waals surface area contributed by atoms with E-state index in [0.717, 1.165) is 43.7 Å². The Bertz CT molecular complexity index is 1230. The molecule has 1 aliphatic carbocycles. The zero-order valence-corrected chi connectivity index (χ0v) is 23.3. The van der Waals surface area contributed by atoms with E-state index in [1.165, 1.54) is 12.1 Å². The lowest BCUT2D eigenvalue weighted by Gasteiger charge is -2.36. The number of hydrogen-bond acceptors (Lipinski definition) is 8. The second-order valence-corrected chi connectivity index (χ2v) is 10.6. The molecule has 0 N–H and O–H groups in total. The molecule has 1 aromatic rings. The van der Waals surface area contributed by atoms with Crippen molar-refractivity contribution in [1.82, 2.24) is 14.7 Å². The van der Waals surface area contributed by atoms with Crippen LogP contribution in [0.15, 0.2) is 53.2 Å². The summed E-state index contributed by atoms with van der Waals surface area (Å²) in [4.78, 5) is 48.9. The minimum absolute atomic E-state index is 0.0351. The highest BCUT2D eigenvalue weighted by Crippen LogP contribution is 2.25. The third-order valence-electron chi connectivity index (χ3n) is 7.78. The summed E-state index contributed by atoms with van der Waals surface area (Å²) in [6.45, 7) is 6.11. The van der Waals surface area contributed by atoms with E-state index in [-0.39, 0.29) is 17.5 Å². The number of rotatable bonds is 9. The van der Waals surface area contributed by atoms with Crippen molar-refractivity contribution in [3.8, 4) is 0 Å². The van der Waals surface area contributed by atoms with Gasteiger partial charge in [-0.25, -0.2) is 4.99 Å². The van der Waals surface area contributed by atoms with Crippen LogP contribution in [0.5, 0.6) is 0 Å². The van der Waals surface area contributed by atoms with Crippen molar-refractivity contribution in [2.24, 2.45) is 10.9 Å². The Hall–Kier alpha value is -3.64. The van der Waals surface area contributed by atoms with Gasteiger partial charge in [-0.2, -0.15) is 0 Å². The van der Waals surface area contributed by atoms with Crippen molar-refractivity contribution >= 4 is 46.2 Å². The Morgan fingerprint density at radius 2 is 1.73 bits per heavy atom. The van der Waals surface area contributed by atoms with Crippen molar-refractivity contribution in [2.45, 2.75) is 25.7 Å². The van der Waals surface area contributed by atoms with Crippen molar-refractivity contribution in [3.05, 3.63) is 58.3 Å². The molecule has 2 saturated heterocycles. The van der Waals surface area contributed by atoms with Crippen LogP contribution in [0.25, 0.3) is 0 Å². The molecule has 1 aromatic carbocycles. The van der Waals surface area contributed by atoms with E-state index in [2.05, 4.69) is 14.8 Å². The van der Waals surface area contributed by atoms with Gasteiger partial charge in [0.25, 0.3) is 5.69 Å². The molecule has 2 amide bonds. The minimum Gasteiger partial charge on any atom is -0.378 e. The maximum atomic E-state index is 13.3. The summed E-state index contributed by atoms with van der Waals surface area (Å²) in [5.74, 6) is -0.315. The largest absolute Gasteiger partial charge is 0.378 e. The smallest absolute Gasteiger partial charge is 0.269 e. The third kappa shape index (κ3) is 6.39. The number of unbranched alkanes of at least 4 members (excludes halogenated alkanes) is 2. The molecule has 3 heterocycles. The molecule has 1 atom stereocenters. The average molecular weight is 567 g/mol. The number of aliphatic imine (C=N–C) groups is 1. The first kappa shape index (κ1) is 27.9. The van der Waals surface area contributed by atoms with Crippen LogP contribution in [-0.2, 0) is 14.3 Å². The second kappa shape index (κ2) is 12.7. The predicted octanol–water partition coefficient (Wildman–Crippen LogP) is 2.77. The maximum Gasteiger partial charge on any atom is 0.269 e. The van der Waals surface area contributed by atoms with Crippen LogP contribution in [0.2, 0.25) is 0 Å². The van der Waals surface area contributed by atoms with Crippen LogP contribution in [0.4, 0.5) is 11.4 Å². The number of allylic oxidation sites excluding steroid dienone is 2. The Morgan fingerprint density at radius 3 is 2.42 bits per heavy atom. The molecule has 2 fully saturated rings. The molecule has 5 rings (SSSR count). The number of nitrogens with zero attached hydrogens (tertiary/aromatic N) is 6. The first-order valence-corrected chi connectivity index (χ1v) is 14.3. The van der Waals surface area contributed by atoms with Gasteiger partial charge in [0.1, 0.15) is 5.92 Å². The molecule has 212 valence electrons. The number of non-ortho nitro benzene ring substituents is 1. The summed E-state index contributed by atoms with van der Waals surface area (Å²) < 4.78 is 5.44. The lowest BCUT2D eigenvalue weighted by Crippen LogP contribution is -2.48. The lowest BCUT2D eigenvalue weighted by atomic mass is 9.93. The summed E-state index contributed by atoms with van der Waals surface area (Å²) in [7, 11) is 0. The summed E-state index contributed by atoms with van der Waals surface area (Å²) in [6, 6.07) is 6.53. The first-order chi connectivity index (χ1) is 19.4. The molecular weight excluding hydrogens is 532 g/mol. The standard InChI is InChI=1S/C28H34N6O5S/c35-26(32-14-12-30(13-15-32)21-5-7-22(8-6-21)34(37)38)4-2-1-3-11-33-27(36)24-20-23(31-16-18-39-19-17-31)9-10-25(24)29-28(33)40/h5-10,20,24H,1-4,11-19H2. The van der Waals surface area contributed by atoms with Gasteiger partial charge in [-0.05, 0) is 55.4 Å². The number of nitro groups is 1. The highest BCUT2D eigenvalue weighted by Gasteiger charge is 2.35. The van der Waals surface area contributed by atoms with Gasteiger partial charge in [0.15, 0.2) is 0 Å². The van der Waals surface area contributed by atoms with Crippen molar-refractivity contribution in [3.63, 3.8) is 0 Å². The molecule has 0 spiro atoms. The molecule has 0 saturated carbocycles. The van der Waals surface area contributed by atoms with E-state index < -0.39 is 10.8 Å². The lowest BCUT2D eigenvalue weighted by molar-refractivity contribution is -0.384. The van der Waals surface area contributed by atoms with Crippen LogP contribution in [0, 0.1) is 16.0 Å². The van der Waals surface area contributed by atoms with Gasteiger partial charge in [0, 0.05) is 75.8 Å². The number of benzene rings is 1. The summed E-state index contributed by atoms with van der Waals surface area (Å²) in [5.41, 5.74) is 2.72. The van der Waals surface area contributed by atoms with E-state index >= 15 is 0 Å². The quantitative estimate of drug-likeness (QED) is 0.194. The minimum atomic E-state index is -0.416. The predicted molar refractivity (Wildman–Crippen MR) is 155 cm³/mol. The molecule has 40 heavy (non-hydrogen) atoms. The monoisotopic (exact) mass is 566 g/mol. The Balaban J connectivity index is 1.03. The topological polar surface area (TPSA) is 112 Å². The SMILES string of the molecule is O=C(CCCCCN1C(=O)C2C=C(N3CCOCC3)C=CC2=NC1=S)N1CCN(c2ccc([N+](=O)[O-])cc2)CC1. The van der Waals surface area contributed by atoms with E-state index in [0.29, 0.717) is 63.2 Å². The fourth-order valence-corrected chi connectivity index (χ4v) is 5.73. The van der Waals surface area contributed by atoms with Gasteiger partial charge in [0.2, 0.25) is 16.9 Å². The van der Waals surface area contributed by atoms with Crippen molar-refractivity contribution in [2.75, 3.05) is 63.9 Å². The van der Waals surface area contributed by atoms with Gasteiger partial charge in [-0.15, -0.1) is 0 Å². The molecule has 1 unspecified atom stereocenters. The van der Waals surface area contributed by atoms with Gasteiger partial charge >= 0.3 is 0 Å². The summed E-state index contributed by atoms with van der Waals surface area (Å²) in [6.07, 6.45) is 8.67. The molecule has 3 aliphatic heterocycles. The number of piperazine rings is 1. The molecule has 12 heteroatoms. The van der Waals surface area contributed by atoms with Crippen molar-refractivity contribution < 1.29 is 19.2 Å².